The maximum absolute atomic E-state index is 5.23. The van der Waals surface area contributed by atoms with Gasteiger partial charge in [-0.3, -0.25) is 0 Å². The Balaban J connectivity index is 1.81. The van der Waals surface area contributed by atoms with Crippen molar-refractivity contribution >= 4 is 0 Å². The third kappa shape index (κ3) is 3.30. The van der Waals surface area contributed by atoms with E-state index in [1.807, 2.05) is 0 Å². The standard InChI is InChI=1S/C12H21N3O/c1-2-3-6-12-14-11(15-16-12)8-10-5-4-7-13-9-10/h10,13H,2-9H2,1H3. The van der Waals surface area contributed by atoms with Crippen LogP contribution in [0.15, 0.2) is 4.52 Å². The number of nitrogens with zero attached hydrogens (tertiary/aromatic N) is 2. The van der Waals surface area contributed by atoms with Gasteiger partial charge in [0.25, 0.3) is 0 Å². The molecule has 4 nitrogen and oxygen atoms in total. The summed E-state index contributed by atoms with van der Waals surface area (Å²) in [6, 6.07) is 0. The smallest absolute Gasteiger partial charge is 0.226 e. The van der Waals surface area contributed by atoms with Gasteiger partial charge < -0.3 is 9.84 Å². The zero-order chi connectivity index (χ0) is 11.2. The highest BCUT2D eigenvalue weighted by Gasteiger charge is 2.16. The van der Waals surface area contributed by atoms with Crippen molar-refractivity contribution in [2.45, 2.75) is 45.4 Å². The number of aromatic nitrogens is 2. The molecule has 0 aliphatic carbocycles. The van der Waals surface area contributed by atoms with E-state index in [1.54, 1.807) is 0 Å². The largest absolute Gasteiger partial charge is 0.339 e. The first kappa shape index (κ1) is 11.6. The summed E-state index contributed by atoms with van der Waals surface area (Å²) in [6.07, 6.45) is 6.74. The highest BCUT2D eigenvalue weighted by molar-refractivity contribution is 4.89. The maximum Gasteiger partial charge on any atom is 0.226 e. The van der Waals surface area contributed by atoms with Crippen molar-refractivity contribution in [3.8, 4) is 0 Å². The first-order valence-electron chi connectivity index (χ1n) is 6.40. The Morgan fingerprint density at radius 1 is 1.50 bits per heavy atom. The fourth-order valence-corrected chi connectivity index (χ4v) is 2.16. The van der Waals surface area contributed by atoms with Crippen molar-refractivity contribution in [2.24, 2.45) is 5.92 Å². The quantitative estimate of drug-likeness (QED) is 0.829. The van der Waals surface area contributed by atoms with Gasteiger partial charge in [0.05, 0.1) is 0 Å². The summed E-state index contributed by atoms with van der Waals surface area (Å²) in [6.45, 7) is 4.42. The van der Waals surface area contributed by atoms with E-state index in [2.05, 4.69) is 22.4 Å². The molecule has 0 radical (unpaired) electrons. The molecule has 1 aromatic rings. The zero-order valence-corrected chi connectivity index (χ0v) is 10.0. The Bertz CT molecular complexity index is 305. The second-order valence-corrected chi connectivity index (χ2v) is 4.62. The van der Waals surface area contributed by atoms with Crippen LogP contribution in [0.4, 0.5) is 0 Å². The van der Waals surface area contributed by atoms with Gasteiger partial charge in [-0.05, 0) is 38.3 Å². The molecule has 1 atom stereocenters. The minimum atomic E-state index is 0.686. The Hall–Kier alpha value is -0.900. The number of aryl methyl sites for hydroxylation is 1. The van der Waals surface area contributed by atoms with Crippen LogP contribution in [-0.4, -0.2) is 23.2 Å². The van der Waals surface area contributed by atoms with Gasteiger partial charge >= 0.3 is 0 Å². The van der Waals surface area contributed by atoms with Gasteiger partial charge in [-0.1, -0.05) is 18.5 Å². The summed E-state index contributed by atoms with van der Waals surface area (Å²) >= 11 is 0. The van der Waals surface area contributed by atoms with Crippen LogP contribution in [-0.2, 0) is 12.8 Å². The molecule has 0 saturated carbocycles. The first-order chi connectivity index (χ1) is 7.88. The lowest BCUT2D eigenvalue weighted by Crippen LogP contribution is -2.31. The number of rotatable bonds is 5. The second-order valence-electron chi connectivity index (χ2n) is 4.62. The fraction of sp³-hybridized carbons (Fsp3) is 0.833. The van der Waals surface area contributed by atoms with Crippen molar-refractivity contribution in [3.05, 3.63) is 11.7 Å². The number of piperidine rings is 1. The molecule has 0 aromatic carbocycles. The van der Waals surface area contributed by atoms with Crippen molar-refractivity contribution in [2.75, 3.05) is 13.1 Å². The van der Waals surface area contributed by atoms with E-state index in [-0.39, 0.29) is 0 Å². The zero-order valence-electron chi connectivity index (χ0n) is 10.0. The van der Waals surface area contributed by atoms with Crippen molar-refractivity contribution in [1.82, 2.24) is 15.5 Å². The minimum absolute atomic E-state index is 0.686. The Morgan fingerprint density at radius 3 is 3.19 bits per heavy atom. The number of hydrogen-bond donors (Lipinski definition) is 1. The Morgan fingerprint density at radius 2 is 2.44 bits per heavy atom. The molecule has 0 spiro atoms. The van der Waals surface area contributed by atoms with Crippen molar-refractivity contribution < 1.29 is 4.52 Å². The molecule has 1 unspecified atom stereocenters. The summed E-state index contributed by atoms with van der Waals surface area (Å²) < 4.78 is 5.23. The van der Waals surface area contributed by atoms with Gasteiger partial charge in [-0.15, -0.1) is 0 Å². The molecule has 0 bridgehead atoms. The lowest BCUT2D eigenvalue weighted by molar-refractivity contribution is 0.348. The van der Waals surface area contributed by atoms with Crippen LogP contribution < -0.4 is 5.32 Å². The van der Waals surface area contributed by atoms with Crippen molar-refractivity contribution in [3.63, 3.8) is 0 Å². The van der Waals surface area contributed by atoms with Crippen LogP contribution in [0.25, 0.3) is 0 Å². The predicted molar refractivity (Wildman–Crippen MR) is 62.2 cm³/mol. The highest BCUT2D eigenvalue weighted by Crippen LogP contribution is 2.15. The molecule has 1 aliphatic rings. The molecule has 1 aromatic heterocycles. The Labute approximate surface area is 96.8 Å². The van der Waals surface area contributed by atoms with Crippen LogP contribution >= 0.6 is 0 Å². The normalized spacial score (nSPS) is 21.2. The molecule has 1 N–H and O–H groups in total. The van der Waals surface area contributed by atoms with E-state index < -0.39 is 0 Å². The minimum Gasteiger partial charge on any atom is -0.339 e. The van der Waals surface area contributed by atoms with E-state index in [9.17, 15) is 0 Å². The predicted octanol–water partition coefficient (Wildman–Crippen LogP) is 1.95. The lowest BCUT2D eigenvalue weighted by atomic mass is 9.96. The molecule has 2 heterocycles. The summed E-state index contributed by atoms with van der Waals surface area (Å²) in [5.41, 5.74) is 0. The van der Waals surface area contributed by atoms with E-state index in [0.717, 1.165) is 44.1 Å². The first-order valence-corrected chi connectivity index (χ1v) is 6.40. The van der Waals surface area contributed by atoms with E-state index in [1.165, 1.54) is 19.3 Å². The van der Waals surface area contributed by atoms with E-state index in [4.69, 9.17) is 4.52 Å². The maximum atomic E-state index is 5.23. The SMILES string of the molecule is CCCCc1nc(CC2CCCNC2)no1. The Kier molecular flexibility index (Phi) is 4.34. The van der Waals surface area contributed by atoms with E-state index >= 15 is 0 Å². The van der Waals surface area contributed by atoms with Crippen LogP contribution in [0.3, 0.4) is 0 Å². The third-order valence-corrected chi connectivity index (χ3v) is 3.12. The molecule has 0 amide bonds. The fourth-order valence-electron chi connectivity index (χ4n) is 2.16. The average molecular weight is 223 g/mol. The average Bonchev–Trinajstić information content (AvgIpc) is 2.75. The van der Waals surface area contributed by atoms with Crippen LogP contribution in [0.1, 0.15) is 44.3 Å². The van der Waals surface area contributed by atoms with Gasteiger partial charge in [-0.2, -0.15) is 4.98 Å². The van der Waals surface area contributed by atoms with Crippen LogP contribution in [0.5, 0.6) is 0 Å². The highest BCUT2D eigenvalue weighted by atomic mass is 16.5. The number of unbranched alkanes of at least 4 members (excludes halogenated alkanes) is 1. The van der Waals surface area contributed by atoms with Gasteiger partial charge in [0.1, 0.15) is 0 Å². The number of hydrogen-bond acceptors (Lipinski definition) is 4. The third-order valence-electron chi connectivity index (χ3n) is 3.12. The van der Waals surface area contributed by atoms with Crippen molar-refractivity contribution in [1.29, 1.82) is 0 Å². The molecule has 1 aliphatic heterocycles. The molecule has 16 heavy (non-hydrogen) atoms. The van der Waals surface area contributed by atoms with Gasteiger partial charge in [0.15, 0.2) is 5.82 Å². The molecule has 4 heteroatoms. The van der Waals surface area contributed by atoms with Crippen LogP contribution in [0, 0.1) is 5.92 Å². The molecule has 2 rings (SSSR count). The molecule has 90 valence electrons. The lowest BCUT2D eigenvalue weighted by Gasteiger charge is -2.20. The molecule has 1 fully saturated rings. The second kappa shape index (κ2) is 5.99. The summed E-state index contributed by atoms with van der Waals surface area (Å²) in [7, 11) is 0. The number of nitrogens with one attached hydrogen (secondary N) is 1. The summed E-state index contributed by atoms with van der Waals surface area (Å²) in [5.74, 6) is 2.38. The monoisotopic (exact) mass is 223 g/mol. The van der Waals surface area contributed by atoms with E-state index in [0.29, 0.717) is 5.92 Å². The molecule has 1 saturated heterocycles. The summed E-state index contributed by atoms with van der Waals surface area (Å²) in [4.78, 5) is 4.44. The van der Waals surface area contributed by atoms with Gasteiger partial charge in [0.2, 0.25) is 5.89 Å². The topological polar surface area (TPSA) is 51.0 Å². The molecular formula is C12H21N3O. The van der Waals surface area contributed by atoms with Gasteiger partial charge in [-0.25, -0.2) is 0 Å². The van der Waals surface area contributed by atoms with Gasteiger partial charge in [0, 0.05) is 12.8 Å². The summed E-state index contributed by atoms with van der Waals surface area (Å²) in [5, 5.41) is 7.46. The van der Waals surface area contributed by atoms with Crippen LogP contribution in [0.2, 0.25) is 0 Å². The molecular weight excluding hydrogens is 202 g/mol.